The molecule has 1 amide bonds. The maximum atomic E-state index is 12.4. The SMILES string of the molecule is CN1CCCN(S(=O)(=O)CCC2CCNCC2)CC1=O. The summed E-state index contributed by atoms with van der Waals surface area (Å²) in [5.41, 5.74) is 0. The molecule has 2 aliphatic heterocycles. The first-order valence-corrected chi connectivity index (χ1v) is 9.02. The van der Waals surface area contributed by atoms with Crippen molar-refractivity contribution in [3.05, 3.63) is 0 Å². The Balaban J connectivity index is 1.89. The third-order valence-electron chi connectivity index (χ3n) is 4.27. The van der Waals surface area contributed by atoms with E-state index in [0.29, 0.717) is 25.4 Å². The highest BCUT2D eigenvalue weighted by Crippen LogP contribution is 2.18. The van der Waals surface area contributed by atoms with Crippen LogP contribution in [-0.2, 0) is 14.8 Å². The molecule has 2 rings (SSSR count). The minimum Gasteiger partial charge on any atom is -0.345 e. The normalized spacial score (nSPS) is 23.9. The number of hydrogen-bond acceptors (Lipinski definition) is 4. The van der Waals surface area contributed by atoms with Gasteiger partial charge in [-0.3, -0.25) is 4.79 Å². The van der Waals surface area contributed by atoms with Crippen LogP contribution in [0.4, 0.5) is 0 Å². The third-order valence-corrected chi connectivity index (χ3v) is 6.12. The summed E-state index contributed by atoms with van der Waals surface area (Å²) in [5, 5.41) is 3.28. The monoisotopic (exact) mass is 303 g/mol. The summed E-state index contributed by atoms with van der Waals surface area (Å²) in [6, 6.07) is 0. The number of carbonyl (C=O) groups excluding carboxylic acids is 1. The minimum atomic E-state index is -3.30. The number of carbonyl (C=O) groups is 1. The molecule has 0 bridgehead atoms. The van der Waals surface area contributed by atoms with Crippen LogP contribution in [0.3, 0.4) is 0 Å². The van der Waals surface area contributed by atoms with E-state index in [1.54, 1.807) is 11.9 Å². The van der Waals surface area contributed by atoms with Crippen LogP contribution in [0.25, 0.3) is 0 Å². The highest BCUT2D eigenvalue weighted by atomic mass is 32.2. The summed E-state index contributed by atoms with van der Waals surface area (Å²) in [7, 11) is -1.57. The van der Waals surface area contributed by atoms with Gasteiger partial charge < -0.3 is 10.2 Å². The van der Waals surface area contributed by atoms with E-state index < -0.39 is 10.0 Å². The van der Waals surface area contributed by atoms with Gasteiger partial charge in [0.15, 0.2) is 0 Å². The van der Waals surface area contributed by atoms with E-state index in [2.05, 4.69) is 5.32 Å². The molecule has 7 heteroatoms. The summed E-state index contributed by atoms with van der Waals surface area (Å²) in [6.45, 7) is 3.07. The zero-order chi connectivity index (χ0) is 14.6. The summed E-state index contributed by atoms with van der Waals surface area (Å²) in [5.74, 6) is 0.568. The van der Waals surface area contributed by atoms with Crippen molar-refractivity contribution < 1.29 is 13.2 Å². The zero-order valence-corrected chi connectivity index (χ0v) is 13.0. The predicted molar refractivity (Wildman–Crippen MR) is 77.8 cm³/mol. The van der Waals surface area contributed by atoms with E-state index in [0.717, 1.165) is 32.4 Å². The maximum absolute atomic E-state index is 12.4. The fraction of sp³-hybridized carbons (Fsp3) is 0.923. The standard InChI is InChI=1S/C13H25N3O3S/c1-15-8-2-9-16(11-13(15)17)20(18,19)10-5-12-3-6-14-7-4-12/h12,14H,2-11H2,1H3. The Hall–Kier alpha value is -0.660. The average Bonchev–Trinajstić information content (AvgIpc) is 2.61. The molecular formula is C13H25N3O3S. The van der Waals surface area contributed by atoms with E-state index in [4.69, 9.17) is 0 Å². The number of hydrogen-bond donors (Lipinski definition) is 1. The van der Waals surface area contributed by atoms with Crippen molar-refractivity contribution in [2.24, 2.45) is 5.92 Å². The van der Waals surface area contributed by atoms with Crippen LogP contribution < -0.4 is 5.32 Å². The highest BCUT2D eigenvalue weighted by Gasteiger charge is 2.28. The summed E-state index contributed by atoms with van der Waals surface area (Å²) >= 11 is 0. The fourth-order valence-electron chi connectivity index (χ4n) is 2.81. The number of sulfonamides is 1. The van der Waals surface area contributed by atoms with Crippen LogP contribution in [0, 0.1) is 5.92 Å². The fourth-order valence-corrected chi connectivity index (χ4v) is 4.42. The lowest BCUT2D eigenvalue weighted by atomic mass is 9.96. The van der Waals surface area contributed by atoms with E-state index in [1.165, 1.54) is 4.31 Å². The zero-order valence-electron chi connectivity index (χ0n) is 12.2. The van der Waals surface area contributed by atoms with Crippen LogP contribution in [0.15, 0.2) is 0 Å². The molecule has 0 atom stereocenters. The van der Waals surface area contributed by atoms with Crippen molar-refractivity contribution in [2.45, 2.75) is 25.7 Å². The van der Waals surface area contributed by atoms with Gasteiger partial charge in [0, 0.05) is 20.1 Å². The van der Waals surface area contributed by atoms with Crippen molar-refractivity contribution in [2.75, 3.05) is 45.5 Å². The molecule has 0 aromatic rings. The number of piperidine rings is 1. The largest absolute Gasteiger partial charge is 0.345 e. The van der Waals surface area contributed by atoms with Gasteiger partial charge in [0.2, 0.25) is 15.9 Å². The molecule has 0 aliphatic carbocycles. The van der Waals surface area contributed by atoms with Crippen molar-refractivity contribution in [1.82, 2.24) is 14.5 Å². The van der Waals surface area contributed by atoms with E-state index in [-0.39, 0.29) is 18.2 Å². The first-order valence-electron chi connectivity index (χ1n) is 7.41. The molecule has 6 nitrogen and oxygen atoms in total. The van der Waals surface area contributed by atoms with Crippen molar-refractivity contribution in [3.63, 3.8) is 0 Å². The summed E-state index contributed by atoms with van der Waals surface area (Å²) < 4.78 is 26.1. The first-order chi connectivity index (χ1) is 9.49. The van der Waals surface area contributed by atoms with Gasteiger partial charge in [-0.2, -0.15) is 4.31 Å². The Bertz CT molecular complexity index is 432. The van der Waals surface area contributed by atoms with Gasteiger partial charge >= 0.3 is 0 Å². The smallest absolute Gasteiger partial charge is 0.237 e. The molecule has 0 aromatic heterocycles. The van der Waals surface area contributed by atoms with Gasteiger partial charge in [-0.15, -0.1) is 0 Å². The lowest BCUT2D eigenvalue weighted by Crippen LogP contribution is -2.39. The molecule has 0 aromatic carbocycles. The minimum absolute atomic E-state index is 0.00502. The van der Waals surface area contributed by atoms with Gasteiger partial charge in [-0.1, -0.05) is 0 Å². The second-order valence-electron chi connectivity index (χ2n) is 5.80. The van der Waals surface area contributed by atoms with Crippen LogP contribution in [-0.4, -0.2) is 69.1 Å². The van der Waals surface area contributed by atoms with Crippen molar-refractivity contribution in [3.8, 4) is 0 Å². The average molecular weight is 303 g/mol. The van der Waals surface area contributed by atoms with E-state index >= 15 is 0 Å². The number of nitrogens with zero attached hydrogens (tertiary/aromatic N) is 2. The van der Waals surface area contributed by atoms with Crippen LogP contribution in [0.2, 0.25) is 0 Å². The second-order valence-corrected chi connectivity index (χ2v) is 7.89. The van der Waals surface area contributed by atoms with Gasteiger partial charge in [-0.05, 0) is 44.7 Å². The predicted octanol–water partition coefficient (Wildman–Crippen LogP) is -0.130. The van der Waals surface area contributed by atoms with E-state index in [1.807, 2.05) is 0 Å². The lowest BCUT2D eigenvalue weighted by Gasteiger charge is -2.24. The molecule has 0 saturated carbocycles. The first kappa shape index (κ1) is 15.7. The lowest BCUT2D eigenvalue weighted by molar-refractivity contribution is -0.129. The quantitative estimate of drug-likeness (QED) is 0.785. The molecule has 0 spiro atoms. The Morgan fingerprint density at radius 1 is 1.25 bits per heavy atom. The third kappa shape index (κ3) is 4.17. The molecule has 1 N–H and O–H groups in total. The highest BCUT2D eigenvalue weighted by molar-refractivity contribution is 7.89. The van der Waals surface area contributed by atoms with Crippen LogP contribution in [0.5, 0.6) is 0 Å². The molecule has 2 fully saturated rings. The second kappa shape index (κ2) is 6.87. The topological polar surface area (TPSA) is 69.7 Å². The van der Waals surface area contributed by atoms with Gasteiger partial charge in [-0.25, -0.2) is 8.42 Å². The van der Waals surface area contributed by atoms with Gasteiger partial charge in [0.1, 0.15) is 0 Å². The number of nitrogens with one attached hydrogen (secondary N) is 1. The van der Waals surface area contributed by atoms with E-state index in [9.17, 15) is 13.2 Å². The van der Waals surface area contributed by atoms with Crippen LogP contribution in [0.1, 0.15) is 25.7 Å². The Kier molecular flexibility index (Phi) is 5.40. The number of likely N-dealkylation sites (N-methyl/N-ethyl adjacent to an activating group) is 1. The molecule has 20 heavy (non-hydrogen) atoms. The number of rotatable bonds is 4. The Labute approximate surface area is 121 Å². The van der Waals surface area contributed by atoms with Crippen molar-refractivity contribution in [1.29, 1.82) is 0 Å². The van der Waals surface area contributed by atoms with Gasteiger partial charge in [0.05, 0.1) is 12.3 Å². The molecule has 2 saturated heterocycles. The van der Waals surface area contributed by atoms with Crippen molar-refractivity contribution >= 4 is 15.9 Å². The molecule has 2 heterocycles. The van der Waals surface area contributed by atoms with Gasteiger partial charge in [0.25, 0.3) is 0 Å². The molecule has 2 aliphatic rings. The molecular weight excluding hydrogens is 278 g/mol. The maximum Gasteiger partial charge on any atom is 0.237 e. The Morgan fingerprint density at radius 3 is 2.65 bits per heavy atom. The molecule has 116 valence electrons. The Morgan fingerprint density at radius 2 is 1.95 bits per heavy atom. The summed E-state index contributed by atoms with van der Waals surface area (Å²) in [4.78, 5) is 13.4. The molecule has 0 radical (unpaired) electrons. The number of amides is 1. The summed E-state index contributed by atoms with van der Waals surface area (Å²) in [6.07, 6.45) is 3.54. The van der Waals surface area contributed by atoms with Crippen LogP contribution >= 0.6 is 0 Å². The molecule has 0 unspecified atom stereocenters.